The minimum Gasteiger partial charge on any atom is -0.355 e. The number of hydrogen-bond acceptors (Lipinski definition) is 3. The van der Waals surface area contributed by atoms with Crippen molar-refractivity contribution in [3.8, 4) is 0 Å². The third-order valence-corrected chi connectivity index (χ3v) is 4.39. The Kier molecular flexibility index (Phi) is 5.23. The number of hydrogen-bond donors (Lipinski definition) is 2. The Labute approximate surface area is 141 Å². The molecule has 2 aromatic rings. The van der Waals surface area contributed by atoms with Crippen molar-refractivity contribution in [1.29, 1.82) is 0 Å². The van der Waals surface area contributed by atoms with Gasteiger partial charge in [-0.15, -0.1) is 0 Å². The Morgan fingerprint density at radius 3 is 2.92 bits per heavy atom. The highest BCUT2D eigenvalue weighted by Crippen LogP contribution is 2.25. The van der Waals surface area contributed by atoms with Crippen molar-refractivity contribution < 1.29 is 9.18 Å². The average Bonchev–Trinajstić information content (AvgIpc) is 2.62. The molecule has 1 aliphatic rings. The van der Waals surface area contributed by atoms with E-state index in [4.69, 9.17) is 0 Å². The van der Waals surface area contributed by atoms with Gasteiger partial charge in [0.25, 0.3) is 5.91 Å². The van der Waals surface area contributed by atoms with Gasteiger partial charge in [-0.25, -0.2) is 4.39 Å². The van der Waals surface area contributed by atoms with Crippen molar-refractivity contribution in [3.05, 3.63) is 71.0 Å². The molecule has 1 heterocycles. The van der Waals surface area contributed by atoms with Crippen molar-refractivity contribution in [2.75, 3.05) is 26.7 Å². The Morgan fingerprint density at radius 1 is 1.29 bits per heavy atom. The van der Waals surface area contributed by atoms with Crippen LogP contribution in [0.25, 0.3) is 0 Å². The summed E-state index contributed by atoms with van der Waals surface area (Å²) in [7, 11) is 1.63. The Balaban J connectivity index is 1.80. The van der Waals surface area contributed by atoms with E-state index in [-0.39, 0.29) is 17.8 Å². The molecule has 5 heteroatoms. The van der Waals surface area contributed by atoms with Crippen molar-refractivity contribution in [2.24, 2.45) is 0 Å². The molecule has 1 unspecified atom stereocenters. The lowest BCUT2D eigenvalue weighted by molar-refractivity contribution is 0.0962. The van der Waals surface area contributed by atoms with Crippen molar-refractivity contribution in [1.82, 2.24) is 15.5 Å². The van der Waals surface area contributed by atoms with Crippen LogP contribution < -0.4 is 10.6 Å². The Morgan fingerprint density at radius 2 is 2.12 bits per heavy atom. The topological polar surface area (TPSA) is 44.4 Å². The van der Waals surface area contributed by atoms with Gasteiger partial charge < -0.3 is 10.6 Å². The first-order valence-corrected chi connectivity index (χ1v) is 8.18. The van der Waals surface area contributed by atoms with Crippen LogP contribution >= 0.6 is 0 Å². The van der Waals surface area contributed by atoms with E-state index in [2.05, 4.69) is 15.5 Å². The van der Waals surface area contributed by atoms with Crippen molar-refractivity contribution in [2.45, 2.75) is 12.6 Å². The molecule has 4 nitrogen and oxygen atoms in total. The van der Waals surface area contributed by atoms with Crippen LogP contribution in [0.4, 0.5) is 4.39 Å². The third kappa shape index (κ3) is 3.80. The van der Waals surface area contributed by atoms with E-state index in [1.165, 1.54) is 6.07 Å². The molecule has 3 rings (SSSR count). The first kappa shape index (κ1) is 16.6. The van der Waals surface area contributed by atoms with Crippen LogP contribution in [0, 0.1) is 5.82 Å². The van der Waals surface area contributed by atoms with Gasteiger partial charge in [-0.05, 0) is 35.4 Å². The van der Waals surface area contributed by atoms with Gasteiger partial charge in [0.15, 0.2) is 0 Å². The van der Waals surface area contributed by atoms with E-state index in [9.17, 15) is 9.18 Å². The van der Waals surface area contributed by atoms with E-state index in [0.717, 1.165) is 37.3 Å². The molecular formula is C19H22FN3O. The second-order valence-corrected chi connectivity index (χ2v) is 6.02. The smallest absolute Gasteiger partial charge is 0.251 e. The van der Waals surface area contributed by atoms with Crippen molar-refractivity contribution >= 4 is 5.91 Å². The lowest BCUT2D eigenvalue weighted by atomic mass is 10.0. The van der Waals surface area contributed by atoms with Gasteiger partial charge in [-0.1, -0.05) is 24.3 Å². The molecule has 0 aliphatic carbocycles. The van der Waals surface area contributed by atoms with E-state index < -0.39 is 0 Å². The number of amides is 1. The number of carbonyl (C=O) groups is 1. The van der Waals surface area contributed by atoms with Crippen LogP contribution in [0.5, 0.6) is 0 Å². The molecule has 0 saturated carbocycles. The summed E-state index contributed by atoms with van der Waals surface area (Å²) in [6, 6.07) is 14.6. The molecule has 1 fully saturated rings. The fourth-order valence-electron chi connectivity index (χ4n) is 3.17. The summed E-state index contributed by atoms with van der Waals surface area (Å²) >= 11 is 0. The van der Waals surface area contributed by atoms with E-state index in [0.29, 0.717) is 5.56 Å². The minimum absolute atomic E-state index is 0.0844. The molecule has 0 aromatic heterocycles. The molecule has 1 amide bonds. The first-order valence-electron chi connectivity index (χ1n) is 8.18. The molecular weight excluding hydrogens is 305 g/mol. The summed E-state index contributed by atoms with van der Waals surface area (Å²) in [5, 5.41) is 6.03. The zero-order chi connectivity index (χ0) is 16.9. The van der Waals surface area contributed by atoms with Crippen LogP contribution in [0.1, 0.15) is 27.5 Å². The van der Waals surface area contributed by atoms with Gasteiger partial charge in [0, 0.05) is 44.8 Å². The van der Waals surface area contributed by atoms with Crippen LogP contribution in [0.2, 0.25) is 0 Å². The highest BCUT2D eigenvalue weighted by molar-refractivity contribution is 5.94. The second-order valence-electron chi connectivity index (χ2n) is 6.02. The van der Waals surface area contributed by atoms with Gasteiger partial charge in [-0.3, -0.25) is 9.69 Å². The Bertz CT molecular complexity index is 719. The summed E-state index contributed by atoms with van der Waals surface area (Å²) in [6.07, 6.45) is 0. The van der Waals surface area contributed by atoms with E-state index in [1.54, 1.807) is 19.2 Å². The predicted octanol–water partition coefficient (Wildman–Crippen LogP) is 2.33. The van der Waals surface area contributed by atoms with Gasteiger partial charge in [0.1, 0.15) is 5.82 Å². The number of nitrogens with one attached hydrogen (secondary N) is 2. The van der Waals surface area contributed by atoms with Crippen LogP contribution in [-0.4, -0.2) is 37.5 Å². The number of nitrogens with zero attached hydrogens (tertiary/aromatic N) is 1. The van der Waals surface area contributed by atoms with Crippen LogP contribution in [0.15, 0.2) is 48.5 Å². The molecule has 0 radical (unpaired) electrons. The van der Waals surface area contributed by atoms with Crippen LogP contribution in [0.3, 0.4) is 0 Å². The summed E-state index contributed by atoms with van der Waals surface area (Å²) in [5.74, 6) is -0.293. The lowest BCUT2D eigenvalue weighted by Gasteiger charge is -2.36. The standard InChI is InChI=1S/C19H22FN3O/c1-21-19(24)16-6-2-4-14(10-16)13-23-9-8-22-12-18(23)15-5-3-7-17(20)11-15/h2-7,10-11,18,22H,8-9,12-13H2,1H3,(H,21,24). The molecule has 0 spiro atoms. The molecule has 1 atom stereocenters. The molecule has 2 N–H and O–H groups in total. The van der Waals surface area contributed by atoms with Gasteiger partial charge in [-0.2, -0.15) is 0 Å². The number of rotatable bonds is 4. The van der Waals surface area contributed by atoms with E-state index >= 15 is 0 Å². The summed E-state index contributed by atoms with van der Waals surface area (Å²) < 4.78 is 13.6. The van der Waals surface area contributed by atoms with Crippen LogP contribution in [-0.2, 0) is 6.54 Å². The maximum absolute atomic E-state index is 13.6. The average molecular weight is 327 g/mol. The number of carbonyl (C=O) groups excluding carboxylic acids is 1. The fourth-order valence-corrected chi connectivity index (χ4v) is 3.17. The molecule has 126 valence electrons. The maximum Gasteiger partial charge on any atom is 0.251 e. The molecule has 0 bridgehead atoms. The maximum atomic E-state index is 13.6. The third-order valence-electron chi connectivity index (χ3n) is 4.39. The molecule has 2 aromatic carbocycles. The molecule has 24 heavy (non-hydrogen) atoms. The van der Waals surface area contributed by atoms with E-state index in [1.807, 2.05) is 30.3 Å². The minimum atomic E-state index is -0.209. The van der Waals surface area contributed by atoms with Crippen molar-refractivity contribution in [3.63, 3.8) is 0 Å². The summed E-state index contributed by atoms with van der Waals surface area (Å²) in [5.41, 5.74) is 2.72. The monoisotopic (exact) mass is 327 g/mol. The van der Waals surface area contributed by atoms with Gasteiger partial charge in [0.05, 0.1) is 0 Å². The predicted molar refractivity (Wildman–Crippen MR) is 92.3 cm³/mol. The highest BCUT2D eigenvalue weighted by Gasteiger charge is 2.24. The largest absolute Gasteiger partial charge is 0.355 e. The SMILES string of the molecule is CNC(=O)c1cccc(CN2CCNCC2c2cccc(F)c2)c1. The molecule has 1 saturated heterocycles. The summed E-state index contributed by atoms with van der Waals surface area (Å²) in [6.45, 7) is 3.30. The normalized spacial score (nSPS) is 18.3. The van der Waals surface area contributed by atoms with Gasteiger partial charge in [0.2, 0.25) is 0 Å². The first-order chi connectivity index (χ1) is 11.7. The quantitative estimate of drug-likeness (QED) is 0.906. The lowest BCUT2D eigenvalue weighted by Crippen LogP contribution is -2.45. The highest BCUT2D eigenvalue weighted by atomic mass is 19.1. The second kappa shape index (κ2) is 7.55. The number of halogens is 1. The number of piperazine rings is 1. The Hall–Kier alpha value is -2.24. The summed E-state index contributed by atoms with van der Waals surface area (Å²) in [4.78, 5) is 14.1. The molecule has 1 aliphatic heterocycles. The van der Waals surface area contributed by atoms with Gasteiger partial charge >= 0.3 is 0 Å². The fraction of sp³-hybridized carbons (Fsp3) is 0.316. The number of benzene rings is 2. The zero-order valence-corrected chi connectivity index (χ0v) is 13.8. The zero-order valence-electron chi connectivity index (χ0n) is 13.8.